The SMILES string of the molecule is O=C(CC1(COc2ccc(F)cc2)CCCN(C(=O)CCc2ccc(F)cc2)C1)N1CCOCC1. The summed E-state index contributed by atoms with van der Waals surface area (Å²) in [7, 11) is 0. The number of ether oxygens (including phenoxy) is 2. The van der Waals surface area contributed by atoms with Crippen LogP contribution in [-0.2, 0) is 20.7 Å². The zero-order chi connectivity index (χ0) is 24.7. The summed E-state index contributed by atoms with van der Waals surface area (Å²) in [6.45, 7) is 3.50. The third kappa shape index (κ3) is 7.01. The zero-order valence-electron chi connectivity index (χ0n) is 19.9. The van der Waals surface area contributed by atoms with Crippen LogP contribution in [0.5, 0.6) is 5.75 Å². The number of rotatable bonds is 8. The van der Waals surface area contributed by atoms with Gasteiger partial charge in [-0.3, -0.25) is 9.59 Å². The Labute approximate surface area is 204 Å². The fourth-order valence-electron chi connectivity index (χ4n) is 4.81. The molecule has 2 aromatic rings. The molecule has 0 aromatic heterocycles. The highest BCUT2D eigenvalue weighted by molar-refractivity contribution is 5.78. The largest absolute Gasteiger partial charge is 0.493 e. The smallest absolute Gasteiger partial charge is 0.223 e. The van der Waals surface area contributed by atoms with E-state index in [2.05, 4.69) is 0 Å². The van der Waals surface area contributed by atoms with E-state index in [1.165, 1.54) is 24.3 Å². The number of morpholine rings is 1. The lowest BCUT2D eigenvalue weighted by Crippen LogP contribution is -2.52. The average Bonchev–Trinajstić information content (AvgIpc) is 2.88. The van der Waals surface area contributed by atoms with Crippen LogP contribution in [0.3, 0.4) is 0 Å². The van der Waals surface area contributed by atoms with Gasteiger partial charge in [0.25, 0.3) is 0 Å². The summed E-state index contributed by atoms with van der Waals surface area (Å²) in [4.78, 5) is 29.9. The van der Waals surface area contributed by atoms with Crippen molar-refractivity contribution in [1.82, 2.24) is 9.80 Å². The second-order valence-electron chi connectivity index (χ2n) is 9.46. The van der Waals surface area contributed by atoms with Crippen LogP contribution < -0.4 is 4.74 Å². The van der Waals surface area contributed by atoms with E-state index in [1.807, 2.05) is 9.80 Å². The predicted octanol–water partition coefficient (Wildman–Crippen LogP) is 3.83. The Bertz CT molecular complexity index is 993. The van der Waals surface area contributed by atoms with Crippen molar-refractivity contribution in [3.63, 3.8) is 0 Å². The first-order chi connectivity index (χ1) is 16.9. The summed E-state index contributed by atoms with van der Waals surface area (Å²) >= 11 is 0. The number of aryl methyl sites for hydroxylation is 1. The Morgan fingerprint density at radius 2 is 1.54 bits per heavy atom. The predicted molar refractivity (Wildman–Crippen MR) is 127 cm³/mol. The molecule has 2 fully saturated rings. The molecule has 0 aliphatic carbocycles. The number of carbonyl (C=O) groups is 2. The number of hydrogen-bond donors (Lipinski definition) is 0. The van der Waals surface area contributed by atoms with E-state index in [-0.39, 0.29) is 36.5 Å². The summed E-state index contributed by atoms with van der Waals surface area (Å²) in [5.41, 5.74) is 0.373. The fourth-order valence-corrected chi connectivity index (χ4v) is 4.81. The molecule has 0 bridgehead atoms. The van der Waals surface area contributed by atoms with Crippen molar-refractivity contribution in [3.8, 4) is 5.75 Å². The molecule has 2 heterocycles. The Kier molecular flexibility index (Phi) is 8.33. The van der Waals surface area contributed by atoms with E-state index in [0.717, 1.165) is 18.4 Å². The topological polar surface area (TPSA) is 59.1 Å². The highest BCUT2D eigenvalue weighted by Crippen LogP contribution is 2.36. The van der Waals surface area contributed by atoms with Gasteiger partial charge in [0.1, 0.15) is 17.4 Å². The highest BCUT2D eigenvalue weighted by atomic mass is 19.1. The van der Waals surface area contributed by atoms with Gasteiger partial charge in [0.05, 0.1) is 19.8 Å². The third-order valence-corrected chi connectivity index (χ3v) is 6.80. The highest BCUT2D eigenvalue weighted by Gasteiger charge is 2.41. The van der Waals surface area contributed by atoms with Crippen LogP contribution in [0.2, 0.25) is 0 Å². The van der Waals surface area contributed by atoms with E-state index in [9.17, 15) is 18.4 Å². The maximum Gasteiger partial charge on any atom is 0.223 e. The first-order valence-electron chi connectivity index (χ1n) is 12.2. The van der Waals surface area contributed by atoms with E-state index in [1.54, 1.807) is 24.3 Å². The number of carbonyl (C=O) groups excluding carboxylic acids is 2. The van der Waals surface area contributed by atoms with Crippen molar-refractivity contribution in [3.05, 3.63) is 65.7 Å². The van der Waals surface area contributed by atoms with Gasteiger partial charge in [-0.1, -0.05) is 12.1 Å². The fraction of sp³-hybridized carbons (Fsp3) is 0.481. The maximum atomic E-state index is 13.3. The molecule has 2 amide bonds. The van der Waals surface area contributed by atoms with E-state index >= 15 is 0 Å². The normalized spacial score (nSPS) is 20.5. The molecule has 6 nitrogen and oxygen atoms in total. The van der Waals surface area contributed by atoms with Gasteiger partial charge in [-0.05, 0) is 61.2 Å². The monoisotopic (exact) mass is 486 g/mol. The first-order valence-corrected chi connectivity index (χ1v) is 12.2. The molecular weight excluding hydrogens is 454 g/mol. The summed E-state index contributed by atoms with van der Waals surface area (Å²) in [6.07, 6.45) is 2.65. The van der Waals surface area contributed by atoms with Crippen LogP contribution in [-0.4, -0.2) is 67.6 Å². The molecule has 2 saturated heterocycles. The van der Waals surface area contributed by atoms with Gasteiger partial charge in [-0.2, -0.15) is 0 Å². The Balaban J connectivity index is 1.43. The second-order valence-corrected chi connectivity index (χ2v) is 9.46. The van der Waals surface area contributed by atoms with Crippen LogP contribution in [0.15, 0.2) is 48.5 Å². The molecule has 0 saturated carbocycles. The summed E-state index contributed by atoms with van der Waals surface area (Å²) < 4.78 is 37.9. The van der Waals surface area contributed by atoms with Crippen LogP contribution in [0.1, 0.15) is 31.2 Å². The molecule has 2 aliphatic rings. The maximum absolute atomic E-state index is 13.3. The number of benzene rings is 2. The minimum atomic E-state index is -0.534. The number of amides is 2. The molecule has 0 N–H and O–H groups in total. The minimum absolute atomic E-state index is 0.0130. The molecule has 4 rings (SSSR count). The van der Waals surface area contributed by atoms with Crippen molar-refractivity contribution >= 4 is 11.8 Å². The summed E-state index contributed by atoms with van der Waals surface area (Å²) in [5.74, 6) is -0.0582. The van der Waals surface area contributed by atoms with Crippen molar-refractivity contribution < 1.29 is 27.8 Å². The van der Waals surface area contributed by atoms with Gasteiger partial charge < -0.3 is 19.3 Å². The Hall–Kier alpha value is -3.00. The molecule has 0 radical (unpaired) electrons. The van der Waals surface area contributed by atoms with Crippen LogP contribution in [0.4, 0.5) is 8.78 Å². The molecule has 8 heteroatoms. The van der Waals surface area contributed by atoms with Crippen molar-refractivity contribution in [2.24, 2.45) is 5.41 Å². The van der Waals surface area contributed by atoms with E-state index in [0.29, 0.717) is 58.0 Å². The van der Waals surface area contributed by atoms with Crippen molar-refractivity contribution in [2.75, 3.05) is 46.0 Å². The standard InChI is InChI=1S/C27H32F2N2O4/c28-22-5-2-21(3-6-22)4-11-25(32)31-13-1-12-27(19-31,18-26(33)30-14-16-34-17-15-30)20-35-24-9-7-23(29)8-10-24/h2-3,5-10H,1,4,11-20H2. The van der Waals surface area contributed by atoms with Gasteiger partial charge in [0.15, 0.2) is 0 Å². The third-order valence-electron chi connectivity index (χ3n) is 6.80. The summed E-state index contributed by atoms with van der Waals surface area (Å²) in [6, 6.07) is 12.0. The van der Waals surface area contributed by atoms with Gasteiger partial charge in [-0.25, -0.2) is 8.78 Å². The lowest BCUT2D eigenvalue weighted by molar-refractivity contribution is -0.143. The molecule has 1 unspecified atom stereocenters. The van der Waals surface area contributed by atoms with Gasteiger partial charge in [0, 0.05) is 44.4 Å². The molecule has 1 atom stereocenters. The lowest BCUT2D eigenvalue weighted by atomic mass is 9.77. The molecule has 2 aliphatic heterocycles. The molecule has 2 aromatic carbocycles. The quantitative estimate of drug-likeness (QED) is 0.569. The van der Waals surface area contributed by atoms with Crippen LogP contribution in [0.25, 0.3) is 0 Å². The molecule has 35 heavy (non-hydrogen) atoms. The molecule has 188 valence electrons. The number of hydrogen-bond acceptors (Lipinski definition) is 4. The number of piperidine rings is 1. The second kappa shape index (κ2) is 11.6. The minimum Gasteiger partial charge on any atom is -0.493 e. The van der Waals surface area contributed by atoms with Crippen molar-refractivity contribution in [2.45, 2.75) is 32.1 Å². The van der Waals surface area contributed by atoms with E-state index in [4.69, 9.17) is 9.47 Å². The van der Waals surface area contributed by atoms with Crippen LogP contribution >= 0.6 is 0 Å². The first kappa shape index (κ1) is 25.1. The number of halogens is 2. The van der Waals surface area contributed by atoms with Gasteiger partial charge in [0.2, 0.25) is 11.8 Å². The molecule has 0 spiro atoms. The summed E-state index contributed by atoms with van der Waals surface area (Å²) in [5, 5.41) is 0. The number of nitrogens with zero attached hydrogens (tertiary/aromatic N) is 2. The average molecular weight is 487 g/mol. The Morgan fingerprint density at radius 1 is 0.886 bits per heavy atom. The lowest BCUT2D eigenvalue weighted by Gasteiger charge is -2.43. The van der Waals surface area contributed by atoms with Crippen molar-refractivity contribution in [1.29, 1.82) is 0 Å². The van der Waals surface area contributed by atoms with Crippen LogP contribution in [0, 0.1) is 17.0 Å². The zero-order valence-corrected chi connectivity index (χ0v) is 19.9. The molecular formula is C27H32F2N2O4. The number of likely N-dealkylation sites (tertiary alicyclic amines) is 1. The Morgan fingerprint density at radius 3 is 2.23 bits per heavy atom. The van der Waals surface area contributed by atoms with Gasteiger partial charge >= 0.3 is 0 Å². The van der Waals surface area contributed by atoms with Gasteiger partial charge in [-0.15, -0.1) is 0 Å². The van der Waals surface area contributed by atoms with E-state index < -0.39 is 5.41 Å².